The molecule has 0 amide bonds. The van der Waals surface area contributed by atoms with Crippen molar-refractivity contribution >= 4 is 11.9 Å². The molecule has 0 bridgehead atoms. The average molecular weight is 509 g/mol. The van der Waals surface area contributed by atoms with Gasteiger partial charge in [0.05, 0.1) is 11.4 Å². The molecule has 1 fully saturated rings. The number of aromatic nitrogens is 2. The molecule has 38 heavy (non-hydrogen) atoms. The third kappa shape index (κ3) is 7.62. The number of nitrogens with zero attached hydrogens (tertiary/aromatic N) is 2. The fourth-order valence-corrected chi connectivity index (χ4v) is 6.68. The van der Waals surface area contributed by atoms with Crippen LogP contribution in [0, 0.1) is 11.8 Å². The lowest BCUT2D eigenvalue weighted by Crippen LogP contribution is -2.10. The zero-order valence-electron chi connectivity index (χ0n) is 23.0. The molecule has 3 heteroatoms. The molecule has 3 aliphatic carbocycles. The van der Waals surface area contributed by atoms with Gasteiger partial charge in [-0.2, -0.15) is 0 Å². The van der Waals surface area contributed by atoms with Crippen LogP contribution in [0.25, 0.3) is 6.08 Å². The average Bonchev–Trinajstić information content (AvgIpc) is 3.19. The number of hydrogen-bond acceptors (Lipinski definition) is 3. The molecule has 5 rings (SSSR count). The number of hydrogen-bond donors (Lipinski definition) is 0. The Balaban J connectivity index is 0.988. The zero-order valence-corrected chi connectivity index (χ0v) is 23.0. The van der Waals surface area contributed by atoms with E-state index in [9.17, 15) is 4.79 Å². The van der Waals surface area contributed by atoms with Crippen molar-refractivity contribution in [1.82, 2.24) is 9.97 Å². The summed E-state index contributed by atoms with van der Waals surface area (Å²) in [5.74, 6) is 2.48. The van der Waals surface area contributed by atoms with Crippen molar-refractivity contribution in [2.45, 2.75) is 102 Å². The Labute approximate surface area is 229 Å². The summed E-state index contributed by atoms with van der Waals surface area (Å²) in [6, 6.07) is 8.97. The maximum atomic E-state index is 12.6. The molecule has 3 unspecified atom stereocenters. The van der Waals surface area contributed by atoms with Crippen LogP contribution in [-0.2, 0) is 24.1 Å². The number of carbonyl (C=O) groups is 1. The van der Waals surface area contributed by atoms with Crippen molar-refractivity contribution in [3.05, 3.63) is 89.1 Å². The van der Waals surface area contributed by atoms with Crippen LogP contribution in [0.15, 0.2) is 61.0 Å². The zero-order chi connectivity index (χ0) is 26.0. The number of aryl methyl sites for hydroxylation is 2. The summed E-state index contributed by atoms with van der Waals surface area (Å²) in [7, 11) is 0. The lowest BCUT2D eigenvalue weighted by Gasteiger charge is -2.18. The molecular weight excluding hydrogens is 464 g/mol. The molecule has 0 saturated heterocycles. The molecule has 1 saturated carbocycles. The van der Waals surface area contributed by atoms with Gasteiger partial charge < -0.3 is 0 Å². The third-order valence-electron chi connectivity index (χ3n) is 8.92. The highest BCUT2D eigenvalue weighted by atomic mass is 16.1. The maximum absolute atomic E-state index is 12.6. The molecule has 0 aliphatic heterocycles. The number of Topliss-reactive ketones (excluding diaryl/α,β-unsaturated/α-hetero) is 1. The van der Waals surface area contributed by atoms with Crippen molar-refractivity contribution in [1.29, 1.82) is 0 Å². The van der Waals surface area contributed by atoms with Gasteiger partial charge in [0.1, 0.15) is 12.1 Å². The van der Waals surface area contributed by atoms with E-state index in [0.717, 1.165) is 69.6 Å². The molecule has 0 N–H and O–H groups in total. The Kier molecular flexibility index (Phi) is 9.75. The van der Waals surface area contributed by atoms with Crippen LogP contribution in [0.1, 0.15) is 111 Å². The van der Waals surface area contributed by atoms with Gasteiger partial charge >= 0.3 is 0 Å². The topological polar surface area (TPSA) is 42.9 Å². The summed E-state index contributed by atoms with van der Waals surface area (Å²) in [5.41, 5.74) is 6.55. The Bertz CT molecular complexity index is 1160. The molecule has 200 valence electrons. The Morgan fingerprint density at radius 3 is 2.76 bits per heavy atom. The summed E-state index contributed by atoms with van der Waals surface area (Å²) in [6.07, 6.45) is 31.7. The van der Waals surface area contributed by atoms with Crippen molar-refractivity contribution < 1.29 is 4.79 Å². The maximum Gasteiger partial charge on any atom is 0.132 e. The highest BCUT2D eigenvalue weighted by Crippen LogP contribution is 2.33. The van der Waals surface area contributed by atoms with E-state index >= 15 is 0 Å². The molecule has 3 aliphatic rings. The van der Waals surface area contributed by atoms with E-state index in [1.807, 2.05) is 0 Å². The number of rotatable bonds is 11. The minimum absolute atomic E-state index is 0.453. The largest absolute Gasteiger partial charge is 0.300 e. The first-order valence-electron chi connectivity index (χ1n) is 15.2. The van der Waals surface area contributed by atoms with Gasteiger partial charge in [0, 0.05) is 24.3 Å². The van der Waals surface area contributed by atoms with Crippen LogP contribution in [0.2, 0.25) is 0 Å². The Morgan fingerprint density at radius 2 is 1.84 bits per heavy atom. The minimum atomic E-state index is 0.453. The first-order chi connectivity index (χ1) is 18.7. The SMILES string of the molecule is O=C(CCCc1cccc(C2C=CC=CC2)c1)CCCC1CCCC(Cc2ncnc3c2C=CCC3)CC1. The highest BCUT2D eigenvalue weighted by Gasteiger charge is 2.22. The van der Waals surface area contributed by atoms with Gasteiger partial charge in [-0.25, -0.2) is 9.97 Å². The van der Waals surface area contributed by atoms with Crippen molar-refractivity contribution in [3.63, 3.8) is 0 Å². The summed E-state index contributed by atoms with van der Waals surface area (Å²) >= 11 is 0. The van der Waals surface area contributed by atoms with Crippen molar-refractivity contribution in [3.8, 4) is 0 Å². The second-order valence-corrected chi connectivity index (χ2v) is 11.8. The highest BCUT2D eigenvalue weighted by molar-refractivity contribution is 5.78. The summed E-state index contributed by atoms with van der Waals surface area (Å²) in [6.45, 7) is 0. The quantitative estimate of drug-likeness (QED) is 0.286. The standard InChI is InChI=1S/C35H44N2O/c38-32(19-9-14-28-13-7-17-31(24-28)30-15-2-1-3-16-30)18-8-11-27-10-6-12-29(23-22-27)25-35-33-20-4-5-21-34(33)36-26-37-35/h1-4,7,13,15,17,20,24,26-27,29-30H,5-6,8-12,14,16,18-19,21-23,25H2. The third-order valence-corrected chi connectivity index (χ3v) is 8.92. The molecular formula is C35H44N2O. The smallest absolute Gasteiger partial charge is 0.132 e. The van der Waals surface area contributed by atoms with Gasteiger partial charge in [-0.05, 0) is 74.3 Å². The molecule has 2 aromatic rings. The Morgan fingerprint density at radius 1 is 0.947 bits per heavy atom. The van der Waals surface area contributed by atoms with Crippen molar-refractivity contribution in [2.24, 2.45) is 11.8 Å². The molecule has 3 atom stereocenters. The lowest BCUT2D eigenvalue weighted by atomic mass is 9.89. The normalized spacial score (nSPS) is 22.7. The van der Waals surface area contributed by atoms with Crippen LogP contribution in [-0.4, -0.2) is 15.8 Å². The summed E-state index contributed by atoms with van der Waals surface area (Å²) in [4.78, 5) is 21.8. The fraction of sp³-hybridized carbons (Fsp3) is 0.514. The van der Waals surface area contributed by atoms with Gasteiger partial charge in [0.15, 0.2) is 0 Å². The van der Waals surface area contributed by atoms with Crippen molar-refractivity contribution in [2.75, 3.05) is 0 Å². The van der Waals surface area contributed by atoms with E-state index in [1.165, 1.54) is 66.6 Å². The lowest BCUT2D eigenvalue weighted by molar-refractivity contribution is -0.119. The van der Waals surface area contributed by atoms with E-state index in [1.54, 1.807) is 6.33 Å². The Hall–Kier alpha value is -2.81. The minimum Gasteiger partial charge on any atom is -0.300 e. The van der Waals surface area contributed by atoms with E-state index in [2.05, 4.69) is 70.7 Å². The van der Waals surface area contributed by atoms with Crippen LogP contribution in [0.3, 0.4) is 0 Å². The van der Waals surface area contributed by atoms with E-state index < -0.39 is 0 Å². The molecule has 0 spiro atoms. The number of carbonyl (C=O) groups excluding carboxylic acids is 1. The number of allylic oxidation sites excluding steroid dienone is 5. The van der Waals surface area contributed by atoms with E-state index in [-0.39, 0.29) is 0 Å². The second-order valence-electron chi connectivity index (χ2n) is 11.8. The van der Waals surface area contributed by atoms with Gasteiger partial charge in [-0.15, -0.1) is 0 Å². The molecule has 1 heterocycles. The van der Waals surface area contributed by atoms with Gasteiger partial charge in [0.25, 0.3) is 0 Å². The fourth-order valence-electron chi connectivity index (χ4n) is 6.68. The second kappa shape index (κ2) is 13.8. The van der Waals surface area contributed by atoms with Gasteiger partial charge in [0.2, 0.25) is 0 Å². The van der Waals surface area contributed by atoms with Gasteiger partial charge in [-0.3, -0.25) is 4.79 Å². The first-order valence-corrected chi connectivity index (χ1v) is 15.2. The van der Waals surface area contributed by atoms with Crippen LogP contribution >= 0.6 is 0 Å². The molecule has 1 aromatic carbocycles. The van der Waals surface area contributed by atoms with Crippen LogP contribution < -0.4 is 0 Å². The van der Waals surface area contributed by atoms with Crippen LogP contribution in [0.4, 0.5) is 0 Å². The number of benzene rings is 1. The molecule has 0 radical (unpaired) electrons. The first kappa shape index (κ1) is 26.8. The van der Waals surface area contributed by atoms with Crippen LogP contribution in [0.5, 0.6) is 0 Å². The summed E-state index contributed by atoms with van der Waals surface area (Å²) in [5, 5.41) is 0. The number of ketones is 1. The predicted molar refractivity (Wildman–Crippen MR) is 157 cm³/mol. The van der Waals surface area contributed by atoms with Gasteiger partial charge in [-0.1, -0.05) is 92.8 Å². The summed E-state index contributed by atoms with van der Waals surface area (Å²) < 4.78 is 0. The van der Waals surface area contributed by atoms with E-state index in [0.29, 0.717) is 11.7 Å². The number of fused-ring (bicyclic) bond motifs is 1. The molecule has 1 aromatic heterocycles. The molecule has 3 nitrogen and oxygen atoms in total. The monoisotopic (exact) mass is 508 g/mol. The predicted octanol–water partition coefficient (Wildman–Crippen LogP) is 8.54. The van der Waals surface area contributed by atoms with E-state index in [4.69, 9.17) is 0 Å².